The van der Waals surface area contributed by atoms with Crippen LogP contribution < -0.4 is 10.6 Å². The van der Waals surface area contributed by atoms with E-state index < -0.39 is 0 Å². The Morgan fingerprint density at radius 3 is 2.33 bits per heavy atom. The zero-order valence-corrected chi connectivity index (χ0v) is 16.0. The molecule has 27 heavy (non-hydrogen) atoms. The summed E-state index contributed by atoms with van der Waals surface area (Å²) in [5.41, 5.74) is 3.71. The van der Waals surface area contributed by atoms with Crippen LogP contribution in [-0.4, -0.2) is 37.2 Å². The Hall–Kier alpha value is -3.12. The monoisotopic (exact) mass is 385 g/mol. The van der Waals surface area contributed by atoms with Crippen LogP contribution in [0.3, 0.4) is 0 Å². The topological polar surface area (TPSA) is 78.5 Å². The average molecular weight is 386 g/mol. The summed E-state index contributed by atoms with van der Waals surface area (Å²) in [6.45, 7) is 1.46. The van der Waals surface area contributed by atoms with Crippen molar-refractivity contribution in [2.45, 2.75) is 6.92 Å². The van der Waals surface area contributed by atoms with E-state index in [4.69, 9.17) is 11.6 Å². The van der Waals surface area contributed by atoms with Gasteiger partial charge in [-0.2, -0.15) is 0 Å². The second-order valence-corrected chi connectivity index (χ2v) is 6.51. The molecule has 2 N–H and O–H groups in total. The molecule has 1 aliphatic heterocycles. The van der Waals surface area contributed by atoms with Crippen molar-refractivity contribution in [1.29, 1.82) is 0 Å². The number of halogens is 1. The lowest BCUT2D eigenvalue weighted by molar-refractivity contribution is -0.116. The number of amides is 3. The minimum atomic E-state index is -0.150. The molecule has 3 rings (SSSR count). The number of anilines is 2. The maximum atomic E-state index is 12.1. The van der Waals surface area contributed by atoms with Crippen LogP contribution in [-0.2, 0) is 14.4 Å². The first-order chi connectivity index (χ1) is 12.8. The Morgan fingerprint density at radius 2 is 1.78 bits per heavy atom. The number of carbonyl (C=O) groups excluding carboxylic acids is 3. The summed E-state index contributed by atoms with van der Waals surface area (Å²) >= 11 is 6.00. The van der Waals surface area contributed by atoms with E-state index in [9.17, 15) is 14.4 Å². The summed E-state index contributed by atoms with van der Waals surface area (Å²) in [5.74, 6) is -0.270. The standard InChI is InChI=1S/C17H13ClN2O2.C3H7NO/c1-10(21)19-13-5-2-11(3-6-13)8-15-14-9-12(18)4-7-16(14)20-17(15)22;1-4(2)3-5/h2-9H,1H3,(H,19,21)(H,20,22);3H,1-2H3/b15-8+;. The van der Waals surface area contributed by atoms with Crippen LogP contribution in [0.15, 0.2) is 42.5 Å². The van der Waals surface area contributed by atoms with Gasteiger partial charge in [0.25, 0.3) is 5.91 Å². The van der Waals surface area contributed by atoms with Crippen LogP contribution in [0.1, 0.15) is 18.1 Å². The predicted octanol–water partition coefficient (Wildman–Crippen LogP) is 3.50. The highest BCUT2D eigenvalue weighted by atomic mass is 35.5. The average Bonchev–Trinajstić information content (AvgIpc) is 2.92. The molecule has 7 heteroatoms. The molecule has 0 saturated carbocycles. The molecule has 0 radical (unpaired) electrons. The maximum Gasteiger partial charge on any atom is 0.256 e. The Labute approximate surface area is 162 Å². The fraction of sp³-hybridized carbons (Fsp3) is 0.150. The number of rotatable bonds is 3. The van der Waals surface area contributed by atoms with Gasteiger partial charge in [0, 0.05) is 48.6 Å². The first-order valence-electron chi connectivity index (χ1n) is 8.12. The number of fused-ring (bicyclic) bond motifs is 1. The molecule has 0 aliphatic carbocycles. The van der Waals surface area contributed by atoms with Crippen molar-refractivity contribution in [3.05, 3.63) is 58.6 Å². The SMILES string of the molecule is CC(=O)Nc1ccc(/C=C2/C(=O)Nc3ccc(Cl)cc32)cc1.CN(C)C=O. The van der Waals surface area contributed by atoms with E-state index in [2.05, 4.69) is 10.6 Å². The van der Waals surface area contributed by atoms with Crippen molar-refractivity contribution < 1.29 is 14.4 Å². The molecule has 0 aromatic heterocycles. The molecule has 2 aromatic carbocycles. The molecule has 0 saturated heterocycles. The summed E-state index contributed by atoms with van der Waals surface area (Å²) < 4.78 is 0. The minimum Gasteiger partial charge on any atom is -0.351 e. The molecular weight excluding hydrogens is 366 g/mol. The van der Waals surface area contributed by atoms with Crippen molar-refractivity contribution in [3.63, 3.8) is 0 Å². The van der Waals surface area contributed by atoms with Crippen LogP contribution in [0.25, 0.3) is 11.6 Å². The molecule has 140 valence electrons. The highest BCUT2D eigenvalue weighted by molar-refractivity contribution is 6.36. The van der Waals surface area contributed by atoms with Crippen LogP contribution in [0.2, 0.25) is 5.02 Å². The normalized spacial score (nSPS) is 13.2. The molecule has 6 nitrogen and oxygen atoms in total. The Bertz CT molecular complexity index is 890. The molecule has 2 aromatic rings. The van der Waals surface area contributed by atoms with Gasteiger partial charge in [-0.15, -0.1) is 0 Å². The Morgan fingerprint density at radius 1 is 1.15 bits per heavy atom. The number of nitrogens with one attached hydrogen (secondary N) is 2. The van der Waals surface area contributed by atoms with Crippen molar-refractivity contribution in [1.82, 2.24) is 4.90 Å². The summed E-state index contributed by atoms with van der Waals surface area (Å²) in [6, 6.07) is 12.6. The van der Waals surface area contributed by atoms with E-state index in [0.717, 1.165) is 23.2 Å². The number of hydrogen-bond donors (Lipinski definition) is 2. The van der Waals surface area contributed by atoms with Crippen molar-refractivity contribution in [2.75, 3.05) is 24.7 Å². The van der Waals surface area contributed by atoms with Gasteiger partial charge in [-0.3, -0.25) is 14.4 Å². The quantitative estimate of drug-likeness (QED) is 0.627. The van der Waals surface area contributed by atoms with Crippen LogP contribution in [0.5, 0.6) is 0 Å². The number of hydrogen-bond acceptors (Lipinski definition) is 3. The van der Waals surface area contributed by atoms with Crippen molar-refractivity contribution in [2.24, 2.45) is 0 Å². The van der Waals surface area contributed by atoms with E-state index in [1.807, 2.05) is 12.1 Å². The molecule has 0 spiro atoms. The molecule has 0 unspecified atom stereocenters. The van der Waals surface area contributed by atoms with E-state index in [0.29, 0.717) is 16.3 Å². The fourth-order valence-electron chi connectivity index (χ4n) is 2.34. The molecule has 0 fully saturated rings. The molecule has 0 atom stereocenters. The van der Waals surface area contributed by atoms with E-state index >= 15 is 0 Å². The van der Waals surface area contributed by atoms with Crippen molar-refractivity contribution >= 4 is 52.8 Å². The van der Waals surface area contributed by atoms with Crippen LogP contribution in [0, 0.1) is 0 Å². The van der Waals surface area contributed by atoms with Gasteiger partial charge in [0.2, 0.25) is 12.3 Å². The lowest BCUT2D eigenvalue weighted by Crippen LogP contribution is -2.06. The zero-order chi connectivity index (χ0) is 20.0. The van der Waals surface area contributed by atoms with E-state index in [1.54, 1.807) is 50.5 Å². The molecule has 1 heterocycles. The lowest BCUT2D eigenvalue weighted by Gasteiger charge is -2.03. The van der Waals surface area contributed by atoms with Gasteiger partial charge >= 0.3 is 0 Å². The van der Waals surface area contributed by atoms with Gasteiger partial charge in [-0.05, 0) is 42.0 Å². The van der Waals surface area contributed by atoms with Gasteiger partial charge in [0.1, 0.15) is 0 Å². The largest absolute Gasteiger partial charge is 0.351 e. The first-order valence-corrected chi connectivity index (χ1v) is 8.50. The summed E-state index contributed by atoms with van der Waals surface area (Å²) in [6.07, 6.45) is 2.55. The Kier molecular flexibility index (Phi) is 6.73. The molecule has 0 bridgehead atoms. The third-order valence-electron chi connectivity index (χ3n) is 3.52. The van der Waals surface area contributed by atoms with Gasteiger partial charge in [0.15, 0.2) is 0 Å². The van der Waals surface area contributed by atoms with Crippen LogP contribution in [0.4, 0.5) is 11.4 Å². The van der Waals surface area contributed by atoms with Gasteiger partial charge < -0.3 is 15.5 Å². The smallest absolute Gasteiger partial charge is 0.256 e. The van der Waals surface area contributed by atoms with Gasteiger partial charge in [-0.25, -0.2) is 0 Å². The summed E-state index contributed by atoms with van der Waals surface area (Å²) in [5, 5.41) is 6.10. The second kappa shape index (κ2) is 9.00. The second-order valence-electron chi connectivity index (χ2n) is 6.07. The number of nitrogens with zero attached hydrogens (tertiary/aromatic N) is 1. The molecule has 3 amide bonds. The predicted molar refractivity (Wildman–Crippen MR) is 108 cm³/mol. The van der Waals surface area contributed by atoms with Crippen LogP contribution >= 0.6 is 11.6 Å². The number of benzene rings is 2. The minimum absolute atomic E-state index is 0.121. The fourth-order valence-corrected chi connectivity index (χ4v) is 2.51. The summed E-state index contributed by atoms with van der Waals surface area (Å²) in [7, 11) is 3.38. The highest BCUT2D eigenvalue weighted by Crippen LogP contribution is 2.34. The third-order valence-corrected chi connectivity index (χ3v) is 3.75. The van der Waals surface area contributed by atoms with E-state index in [1.165, 1.54) is 11.8 Å². The zero-order valence-electron chi connectivity index (χ0n) is 15.2. The Balaban J connectivity index is 0.000000465. The van der Waals surface area contributed by atoms with Gasteiger partial charge in [0.05, 0.1) is 0 Å². The first kappa shape index (κ1) is 20.2. The third kappa shape index (κ3) is 5.69. The summed E-state index contributed by atoms with van der Waals surface area (Å²) in [4.78, 5) is 34.0. The highest BCUT2D eigenvalue weighted by Gasteiger charge is 2.24. The maximum absolute atomic E-state index is 12.1. The van der Waals surface area contributed by atoms with Crippen molar-refractivity contribution in [3.8, 4) is 0 Å². The number of carbonyl (C=O) groups is 3. The molecular formula is C20H20ClN3O3. The van der Waals surface area contributed by atoms with Gasteiger partial charge in [-0.1, -0.05) is 23.7 Å². The van der Waals surface area contributed by atoms with E-state index in [-0.39, 0.29) is 11.8 Å². The lowest BCUT2D eigenvalue weighted by atomic mass is 10.0. The molecule has 1 aliphatic rings.